The van der Waals surface area contributed by atoms with Crippen LogP contribution in [0.5, 0.6) is 0 Å². The van der Waals surface area contributed by atoms with Crippen molar-refractivity contribution in [2.75, 3.05) is 39.4 Å². The summed E-state index contributed by atoms with van der Waals surface area (Å²) in [6.45, 7) is 13.9. The molecular formula is C20H33N3O2. The highest BCUT2D eigenvalue weighted by molar-refractivity contribution is 5.78. The number of nitrogens with one attached hydrogen (secondary N) is 1. The molecule has 1 amide bonds. The van der Waals surface area contributed by atoms with Crippen LogP contribution in [0.15, 0.2) is 30.3 Å². The van der Waals surface area contributed by atoms with Crippen LogP contribution < -0.4 is 5.32 Å². The van der Waals surface area contributed by atoms with Gasteiger partial charge >= 0.3 is 0 Å². The highest BCUT2D eigenvalue weighted by atomic mass is 16.5. The van der Waals surface area contributed by atoms with Gasteiger partial charge in [0.2, 0.25) is 5.91 Å². The van der Waals surface area contributed by atoms with E-state index in [9.17, 15) is 4.79 Å². The zero-order valence-corrected chi connectivity index (χ0v) is 16.1. The molecule has 0 aromatic heterocycles. The molecule has 25 heavy (non-hydrogen) atoms. The molecule has 2 rings (SSSR count). The second-order valence-electron chi connectivity index (χ2n) is 7.67. The first-order valence-electron chi connectivity index (χ1n) is 9.26. The summed E-state index contributed by atoms with van der Waals surface area (Å²) in [4.78, 5) is 17.1. The second-order valence-corrected chi connectivity index (χ2v) is 7.67. The van der Waals surface area contributed by atoms with E-state index in [-0.39, 0.29) is 11.4 Å². The Kier molecular flexibility index (Phi) is 7.41. The average molecular weight is 348 g/mol. The molecule has 0 spiro atoms. The van der Waals surface area contributed by atoms with Gasteiger partial charge in [-0.2, -0.15) is 0 Å². The van der Waals surface area contributed by atoms with Crippen LogP contribution in [-0.4, -0.2) is 66.7 Å². The standard InChI is InChI=1S/C20H33N3O2/c1-17(2)22(14-18-8-6-5-7-9-18)15-19(24)21-16-20(3,4)23-10-12-25-13-11-23/h5-9,17H,10-16H2,1-4H3,(H,21,24). The van der Waals surface area contributed by atoms with Gasteiger partial charge in [0.25, 0.3) is 0 Å². The Hall–Kier alpha value is -1.43. The molecule has 1 aromatic carbocycles. The zero-order chi connectivity index (χ0) is 18.3. The van der Waals surface area contributed by atoms with E-state index in [4.69, 9.17) is 4.74 Å². The predicted molar refractivity (Wildman–Crippen MR) is 101 cm³/mol. The molecule has 140 valence electrons. The summed E-state index contributed by atoms with van der Waals surface area (Å²) in [7, 11) is 0. The minimum atomic E-state index is -0.0540. The van der Waals surface area contributed by atoms with E-state index in [0.29, 0.717) is 19.1 Å². The quantitative estimate of drug-likeness (QED) is 0.782. The van der Waals surface area contributed by atoms with Crippen LogP contribution in [0.2, 0.25) is 0 Å². The lowest BCUT2D eigenvalue weighted by molar-refractivity contribution is -0.123. The van der Waals surface area contributed by atoms with Crippen molar-refractivity contribution < 1.29 is 9.53 Å². The van der Waals surface area contributed by atoms with Gasteiger partial charge in [-0.15, -0.1) is 0 Å². The number of carbonyl (C=O) groups excluding carboxylic acids is 1. The van der Waals surface area contributed by atoms with Crippen molar-refractivity contribution in [1.29, 1.82) is 0 Å². The summed E-state index contributed by atoms with van der Waals surface area (Å²) in [5.74, 6) is 0.0889. The summed E-state index contributed by atoms with van der Waals surface area (Å²) in [5.41, 5.74) is 1.18. The lowest BCUT2D eigenvalue weighted by Gasteiger charge is -2.41. The van der Waals surface area contributed by atoms with Crippen molar-refractivity contribution in [2.45, 2.75) is 45.8 Å². The Morgan fingerprint density at radius 1 is 1.24 bits per heavy atom. The molecule has 0 saturated carbocycles. The van der Waals surface area contributed by atoms with Crippen LogP contribution in [0.25, 0.3) is 0 Å². The molecule has 0 bridgehead atoms. The number of morpholine rings is 1. The van der Waals surface area contributed by atoms with Crippen molar-refractivity contribution in [3.8, 4) is 0 Å². The topological polar surface area (TPSA) is 44.8 Å². The van der Waals surface area contributed by atoms with E-state index in [0.717, 1.165) is 32.8 Å². The zero-order valence-electron chi connectivity index (χ0n) is 16.1. The summed E-state index contributed by atoms with van der Waals surface area (Å²) in [6, 6.07) is 10.6. The van der Waals surface area contributed by atoms with Gasteiger partial charge in [-0.1, -0.05) is 30.3 Å². The fraction of sp³-hybridized carbons (Fsp3) is 0.650. The number of carbonyl (C=O) groups is 1. The molecule has 1 fully saturated rings. The first-order chi connectivity index (χ1) is 11.9. The fourth-order valence-corrected chi connectivity index (χ4v) is 3.07. The summed E-state index contributed by atoms with van der Waals surface area (Å²) in [5, 5.41) is 3.13. The average Bonchev–Trinajstić information content (AvgIpc) is 2.61. The summed E-state index contributed by atoms with van der Waals surface area (Å²) in [6.07, 6.45) is 0. The minimum Gasteiger partial charge on any atom is -0.379 e. The second kappa shape index (κ2) is 9.32. The van der Waals surface area contributed by atoms with Crippen LogP contribution in [-0.2, 0) is 16.1 Å². The van der Waals surface area contributed by atoms with Crippen LogP contribution in [0.4, 0.5) is 0 Å². The van der Waals surface area contributed by atoms with E-state index >= 15 is 0 Å². The van der Waals surface area contributed by atoms with Crippen LogP contribution in [0.3, 0.4) is 0 Å². The summed E-state index contributed by atoms with van der Waals surface area (Å²) >= 11 is 0. The van der Waals surface area contributed by atoms with Crippen LogP contribution >= 0.6 is 0 Å². The molecule has 0 atom stereocenters. The lowest BCUT2D eigenvalue weighted by Crippen LogP contribution is -2.56. The molecule has 1 aromatic rings. The van der Waals surface area contributed by atoms with E-state index in [1.165, 1.54) is 5.56 Å². The van der Waals surface area contributed by atoms with E-state index in [1.807, 2.05) is 18.2 Å². The highest BCUT2D eigenvalue weighted by Crippen LogP contribution is 2.15. The smallest absolute Gasteiger partial charge is 0.234 e. The Morgan fingerprint density at radius 3 is 2.48 bits per heavy atom. The molecule has 5 nitrogen and oxygen atoms in total. The van der Waals surface area contributed by atoms with Gasteiger partial charge < -0.3 is 10.1 Å². The largest absolute Gasteiger partial charge is 0.379 e. The maximum Gasteiger partial charge on any atom is 0.234 e. The Bertz CT molecular complexity index is 525. The maximum atomic E-state index is 12.5. The Balaban J connectivity index is 1.84. The number of rotatable bonds is 8. The number of nitrogens with zero attached hydrogens (tertiary/aromatic N) is 2. The number of hydrogen-bond acceptors (Lipinski definition) is 4. The van der Waals surface area contributed by atoms with Crippen LogP contribution in [0.1, 0.15) is 33.3 Å². The van der Waals surface area contributed by atoms with E-state index < -0.39 is 0 Å². The third-order valence-corrected chi connectivity index (χ3v) is 4.89. The van der Waals surface area contributed by atoms with Gasteiger partial charge in [0, 0.05) is 37.8 Å². The molecule has 0 radical (unpaired) electrons. The van der Waals surface area contributed by atoms with Gasteiger partial charge in [-0.3, -0.25) is 14.6 Å². The third-order valence-electron chi connectivity index (χ3n) is 4.89. The Morgan fingerprint density at radius 2 is 1.88 bits per heavy atom. The minimum absolute atomic E-state index is 0.0540. The fourth-order valence-electron chi connectivity index (χ4n) is 3.07. The first kappa shape index (κ1) is 19.9. The number of amides is 1. The molecule has 1 heterocycles. The van der Waals surface area contributed by atoms with Crippen LogP contribution in [0, 0.1) is 0 Å². The van der Waals surface area contributed by atoms with Crippen molar-refractivity contribution in [1.82, 2.24) is 15.1 Å². The number of ether oxygens (including phenoxy) is 1. The predicted octanol–water partition coefficient (Wildman–Crippen LogP) is 2.12. The number of benzene rings is 1. The van der Waals surface area contributed by atoms with Crippen molar-refractivity contribution >= 4 is 5.91 Å². The molecule has 1 N–H and O–H groups in total. The molecule has 1 aliphatic heterocycles. The van der Waals surface area contributed by atoms with Gasteiger partial charge in [0.1, 0.15) is 0 Å². The molecular weight excluding hydrogens is 314 g/mol. The monoisotopic (exact) mass is 347 g/mol. The van der Waals surface area contributed by atoms with Gasteiger partial charge in [-0.05, 0) is 33.3 Å². The summed E-state index contributed by atoms with van der Waals surface area (Å²) < 4.78 is 5.42. The molecule has 0 aliphatic carbocycles. The van der Waals surface area contributed by atoms with Crippen molar-refractivity contribution in [3.05, 3.63) is 35.9 Å². The van der Waals surface area contributed by atoms with Gasteiger partial charge in [0.15, 0.2) is 0 Å². The van der Waals surface area contributed by atoms with E-state index in [2.05, 4.69) is 54.9 Å². The maximum absolute atomic E-state index is 12.5. The van der Waals surface area contributed by atoms with Crippen molar-refractivity contribution in [2.24, 2.45) is 0 Å². The molecule has 1 aliphatic rings. The third kappa shape index (κ3) is 6.42. The van der Waals surface area contributed by atoms with Gasteiger partial charge in [0.05, 0.1) is 19.8 Å². The van der Waals surface area contributed by atoms with E-state index in [1.54, 1.807) is 0 Å². The lowest BCUT2D eigenvalue weighted by atomic mass is 10.0. The normalized spacial score (nSPS) is 16.4. The van der Waals surface area contributed by atoms with Crippen molar-refractivity contribution in [3.63, 3.8) is 0 Å². The first-order valence-corrected chi connectivity index (χ1v) is 9.26. The Labute approximate surface area is 152 Å². The highest BCUT2D eigenvalue weighted by Gasteiger charge is 2.28. The molecule has 5 heteroatoms. The van der Waals surface area contributed by atoms with Gasteiger partial charge in [-0.25, -0.2) is 0 Å². The molecule has 1 saturated heterocycles. The number of hydrogen-bond donors (Lipinski definition) is 1. The SMILES string of the molecule is CC(C)N(CC(=O)NCC(C)(C)N1CCOCC1)Cc1ccccc1. The molecule has 0 unspecified atom stereocenters.